The Hall–Kier alpha value is -3.90. The summed E-state index contributed by atoms with van der Waals surface area (Å²) in [4.78, 5) is 0. The van der Waals surface area contributed by atoms with Crippen LogP contribution in [0.15, 0.2) is 109 Å². The van der Waals surface area contributed by atoms with E-state index in [1.54, 1.807) is 0 Å². The summed E-state index contributed by atoms with van der Waals surface area (Å²) in [7, 11) is 0. The van der Waals surface area contributed by atoms with E-state index in [9.17, 15) is 0 Å². The van der Waals surface area contributed by atoms with Gasteiger partial charge >= 0.3 is 0 Å². The maximum Gasteiger partial charge on any atom is -0.00137 e. The fourth-order valence-electron chi connectivity index (χ4n) is 5.39. The van der Waals surface area contributed by atoms with Crippen LogP contribution in [-0.4, -0.2) is 0 Å². The molecule has 138 valence electrons. The third-order valence-electron chi connectivity index (χ3n) is 6.60. The molecule has 0 radical (unpaired) electrons. The van der Waals surface area contributed by atoms with Gasteiger partial charge in [-0.05, 0) is 65.7 Å². The van der Waals surface area contributed by atoms with Crippen molar-refractivity contribution in [1.82, 2.24) is 0 Å². The van der Waals surface area contributed by atoms with Crippen molar-refractivity contribution in [2.45, 2.75) is 0 Å². The first kappa shape index (κ1) is 16.0. The third-order valence-corrected chi connectivity index (χ3v) is 6.60. The summed E-state index contributed by atoms with van der Waals surface area (Å²) in [5, 5.41) is 8.07. The molecule has 6 aromatic rings. The second-order valence-electron chi connectivity index (χ2n) is 8.10. The molecule has 0 bridgehead atoms. The van der Waals surface area contributed by atoms with Crippen molar-refractivity contribution in [2.24, 2.45) is 0 Å². The van der Waals surface area contributed by atoms with Gasteiger partial charge in [0, 0.05) is 0 Å². The van der Waals surface area contributed by atoms with Gasteiger partial charge in [0.05, 0.1) is 0 Å². The second-order valence-corrected chi connectivity index (χ2v) is 8.10. The van der Waals surface area contributed by atoms with Gasteiger partial charge in [-0.1, -0.05) is 109 Å². The average molecular weight is 378 g/mol. The van der Waals surface area contributed by atoms with Crippen LogP contribution in [0.25, 0.3) is 65.7 Å². The van der Waals surface area contributed by atoms with Crippen LogP contribution in [0.4, 0.5) is 0 Å². The quantitative estimate of drug-likeness (QED) is 0.251. The average Bonchev–Trinajstić information content (AvgIpc) is 3.17. The molecule has 0 spiro atoms. The largest absolute Gasteiger partial charge is 0.0622 e. The molecule has 30 heavy (non-hydrogen) atoms. The SMILES string of the molecule is c1ccc(-c2ccc3c4c(cccc24)-c2c-3c3ccccc3c3ccccc23)cc1. The summed E-state index contributed by atoms with van der Waals surface area (Å²) < 4.78 is 0. The van der Waals surface area contributed by atoms with Gasteiger partial charge in [0.15, 0.2) is 0 Å². The van der Waals surface area contributed by atoms with E-state index in [1.165, 1.54) is 65.7 Å². The van der Waals surface area contributed by atoms with Crippen molar-refractivity contribution in [1.29, 1.82) is 0 Å². The summed E-state index contributed by atoms with van der Waals surface area (Å²) in [5.74, 6) is 0. The summed E-state index contributed by atoms with van der Waals surface area (Å²) in [6, 6.07) is 39.9. The van der Waals surface area contributed by atoms with Crippen molar-refractivity contribution in [3.05, 3.63) is 109 Å². The van der Waals surface area contributed by atoms with Crippen LogP contribution in [0.2, 0.25) is 0 Å². The molecule has 0 N–H and O–H groups in total. The molecular weight excluding hydrogens is 360 g/mol. The molecule has 0 saturated carbocycles. The number of hydrogen-bond donors (Lipinski definition) is 0. The first-order valence-corrected chi connectivity index (χ1v) is 10.5. The zero-order valence-electron chi connectivity index (χ0n) is 16.4. The first-order valence-electron chi connectivity index (χ1n) is 10.5. The van der Waals surface area contributed by atoms with E-state index in [4.69, 9.17) is 0 Å². The Morgan fingerprint density at radius 2 is 0.800 bits per heavy atom. The Bertz CT molecular complexity index is 1550. The molecule has 0 saturated heterocycles. The number of benzene rings is 6. The van der Waals surface area contributed by atoms with E-state index < -0.39 is 0 Å². The summed E-state index contributed by atoms with van der Waals surface area (Å²) in [6.45, 7) is 0. The minimum Gasteiger partial charge on any atom is -0.0622 e. The zero-order chi connectivity index (χ0) is 19.7. The standard InChI is InChI=1S/C30H18/c1-2-9-19(10-3-1)20-17-18-27-28-23(20)15-8-16-26(28)29-24-13-6-4-11-21(24)22-12-5-7-14-25(22)30(27)29/h1-18H. The Morgan fingerprint density at radius 1 is 0.300 bits per heavy atom. The lowest BCUT2D eigenvalue weighted by molar-refractivity contribution is 1.66. The van der Waals surface area contributed by atoms with Gasteiger partial charge < -0.3 is 0 Å². The molecule has 0 heterocycles. The molecule has 0 heteroatoms. The molecule has 6 aromatic carbocycles. The molecule has 0 fully saturated rings. The van der Waals surface area contributed by atoms with Crippen LogP contribution < -0.4 is 0 Å². The molecule has 7 rings (SSSR count). The fourth-order valence-corrected chi connectivity index (χ4v) is 5.39. The van der Waals surface area contributed by atoms with Gasteiger partial charge in [0.25, 0.3) is 0 Å². The van der Waals surface area contributed by atoms with Gasteiger partial charge in [-0.3, -0.25) is 0 Å². The van der Waals surface area contributed by atoms with E-state index in [2.05, 4.69) is 109 Å². The van der Waals surface area contributed by atoms with E-state index in [0.717, 1.165) is 0 Å². The van der Waals surface area contributed by atoms with Crippen molar-refractivity contribution < 1.29 is 0 Å². The predicted octanol–water partition coefficient (Wildman–Crippen LogP) is 8.46. The molecule has 0 aliphatic heterocycles. The second kappa shape index (κ2) is 5.81. The number of fused-ring (bicyclic) bond motifs is 8. The molecule has 1 aliphatic rings. The fraction of sp³-hybridized carbons (Fsp3) is 0. The van der Waals surface area contributed by atoms with Crippen molar-refractivity contribution in [2.75, 3.05) is 0 Å². The van der Waals surface area contributed by atoms with Gasteiger partial charge in [-0.2, -0.15) is 0 Å². The van der Waals surface area contributed by atoms with Crippen molar-refractivity contribution in [3.8, 4) is 33.4 Å². The molecule has 1 aliphatic carbocycles. The lowest BCUT2D eigenvalue weighted by Gasteiger charge is -2.13. The highest BCUT2D eigenvalue weighted by molar-refractivity contribution is 6.31. The normalized spacial score (nSPS) is 12.0. The Labute approximate surface area is 175 Å². The molecule has 0 amide bonds. The molecule has 0 nitrogen and oxygen atoms in total. The maximum atomic E-state index is 2.33. The van der Waals surface area contributed by atoms with E-state index in [0.29, 0.717) is 0 Å². The van der Waals surface area contributed by atoms with E-state index in [1.807, 2.05) is 0 Å². The lowest BCUT2D eigenvalue weighted by Crippen LogP contribution is -1.85. The van der Waals surface area contributed by atoms with Crippen LogP contribution in [-0.2, 0) is 0 Å². The summed E-state index contributed by atoms with van der Waals surface area (Å²) in [6.07, 6.45) is 0. The van der Waals surface area contributed by atoms with E-state index >= 15 is 0 Å². The summed E-state index contributed by atoms with van der Waals surface area (Å²) in [5.41, 5.74) is 8.06. The van der Waals surface area contributed by atoms with Crippen LogP contribution in [0.3, 0.4) is 0 Å². The Balaban J connectivity index is 1.70. The minimum absolute atomic E-state index is 1.27. The van der Waals surface area contributed by atoms with Gasteiger partial charge in [-0.25, -0.2) is 0 Å². The number of rotatable bonds is 1. The lowest BCUT2D eigenvalue weighted by atomic mass is 9.90. The summed E-state index contributed by atoms with van der Waals surface area (Å²) >= 11 is 0. The van der Waals surface area contributed by atoms with Crippen LogP contribution in [0, 0.1) is 0 Å². The topological polar surface area (TPSA) is 0 Å². The maximum absolute atomic E-state index is 2.33. The van der Waals surface area contributed by atoms with Crippen molar-refractivity contribution >= 4 is 32.3 Å². The first-order chi connectivity index (χ1) is 14.9. The van der Waals surface area contributed by atoms with Gasteiger partial charge in [-0.15, -0.1) is 0 Å². The van der Waals surface area contributed by atoms with Crippen LogP contribution in [0.1, 0.15) is 0 Å². The highest BCUT2D eigenvalue weighted by atomic mass is 14.3. The molecule has 0 unspecified atom stereocenters. The monoisotopic (exact) mass is 378 g/mol. The number of hydrogen-bond acceptors (Lipinski definition) is 0. The minimum atomic E-state index is 1.27. The van der Waals surface area contributed by atoms with Gasteiger partial charge in [0.1, 0.15) is 0 Å². The molecule has 0 atom stereocenters. The highest BCUT2D eigenvalue weighted by Crippen LogP contribution is 2.54. The zero-order valence-corrected chi connectivity index (χ0v) is 16.4. The molecular formula is C30H18. The third kappa shape index (κ3) is 1.96. The van der Waals surface area contributed by atoms with Gasteiger partial charge in [0.2, 0.25) is 0 Å². The Morgan fingerprint density at radius 3 is 1.47 bits per heavy atom. The molecule has 0 aromatic heterocycles. The highest BCUT2D eigenvalue weighted by Gasteiger charge is 2.26. The smallest absolute Gasteiger partial charge is 0.00137 e. The van der Waals surface area contributed by atoms with Crippen molar-refractivity contribution in [3.63, 3.8) is 0 Å². The van der Waals surface area contributed by atoms with E-state index in [-0.39, 0.29) is 0 Å². The predicted molar refractivity (Wildman–Crippen MR) is 129 cm³/mol. The van der Waals surface area contributed by atoms with Crippen LogP contribution in [0.5, 0.6) is 0 Å². The Kier molecular flexibility index (Phi) is 3.09. The van der Waals surface area contributed by atoms with Crippen LogP contribution >= 0.6 is 0 Å².